The van der Waals surface area contributed by atoms with Crippen molar-refractivity contribution in [3.05, 3.63) is 29.8 Å². The van der Waals surface area contributed by atoms with Gasteiger partial charge in [0.15, 0.2) is 0 Å². The molecule has 0 radical (unpaired) electrons. The molecule has 6 heteroatoms. The van der Waals surface area contributed by atoms with Gasteiger partial charge in [0.05, 0.1) is 11.5 Å². The first kappa shape index (κ1) is 18.1. The summed E-state index contributed by atoms with van der Waals surface area (Å²) >= 11 is 0. The second-order valence-corrected chi connectivity index (χ2v) is 8.05. The largest absolute Gasteiger partial charge is 0.395 e. The minimum atomic E-state index is -3.63. The van der Waals surface area contributed by atoms with Crippen molar-refractivity contribution in [2.45, 2.75) is 38.1 Å². The third kappa shape index (κ3) is 5.39. The van der Waals surface area contributed by atoms with Gasteiger partial charge >= 0.3 is 0 Å². The van der Waals surface area contributed by atoms with Crippen molar-refractivity contribution in [3.63, 3.8) is 0 Å². The molecule has 1 aromatic carbocycles. The fraction of sp³-hybridized carbons (Fsp3) is 0.600. The molecule has 1 rings (SSSR count). The van der Waals surface area contributed by atoms with Crippen LogP contribution in [0.3, 0.4) is 0 Å². The molecule has 0 aromatic heterocycles. The summed E-state index contributed by atoms with van der Waals surface area (Å²) in [7, 11) is -1.64. The summed E-state index contributed by atoms with van der Waals surface area (Å²) in [5.74, 6) is 0. The van der Waals surface area contributed by atoms with Crippen LogP contribution in [-0.2, 0) is 16.4 Å². The predicted molar refractivity (Wildman–Crippen MR) is 84.5 cm³/mol. The Kier molecular flexibility index (Phi) is 5.92. The van der Waals surface area contributed by atoms with Crippen LogP contribution in [0.5, 0.6) is 0 Å². The Bertz CT molecular complexity index is 547. The zero-order chi connectivity index (χ0) is 16.3. The number of primary sulfonamides is 1. The van der Waals surface area contributed by atoms with Crippen molar-refractivity contribution in [2.24, 2.45) is 10.6 Å². The van der Waals surface area contributed by atoms with E-state index in [1.54, 1.807) is 12.1 Å². The molecule has 0 bridgehead atoms. The Morgan fingerprint density at radius 1 is 1.24 bits per heavy atom. The average Bonchev–Trinajstić information content (AvgIpc) is 2.35. The molecule has 0 saturated carbocycles. The van der Waals surface area contributed by atoms with Crippen molar-refractivity contribution in [1.29, 1.82) is 0 Å². The number of nitrogens with zero attached hydrogens (tertiary/aromatic N) is 1. The maximum atomic E-state index is 11.2. The van der Waals surface area contributed by atoms with Crippen LogP contribution in [0, 0.1) is 5.41 Å². The number of benzene rings is 1. The zero-order valence-electron chi connectivity index (χ0n) is 13.2. The van der Waals surface area contributed by atoms with E-state index in [0.29, 0.717) is 0 Å². The van der Waals surface area contributed by atoms with Crippen LogP contribution in [0.1, 0.15) is 26.3 Å². The Hall–Kier alpha value is -0.950. The first-order valence-corrected chi connectivity index (χ1v) is 8.53. The maximum Gasteiger partial charge on any atom is 0.238 e. The summed E-state index contributed by atoms with van der Waals surface area (Å²) in [6, 6.07) is 6.69. The minimum Gasteiger partial charge on any atom is -0.395 e. The number of aliphatic hydroxyl groups excluding tert-OH is 1. The van der Waals surface area contributed by atoms with E-state index in [4.69, 9.17) is 5.14 Å². The second kappa shape index (κ2) is 6.87. The highest BCUT2D eigenvalue weighted by Crippen LogP contribution is 2.23. The van der Waals surface area contributed by atoms with Gasteiger partial charge in [-0.2, -0.15) is 0 Å². The van der Waals surface area contributed by atoms with Gasteiger partial charge < -0.3 is 10.0 Å². The lowest BCUT2D eigenvalue weighted by atomic mass is 9.86. The summed E-state index contributed by atoms with van der Waals surface area (Å²) in [6.07, 6.45) is 0.786. The van der Waals surface area contributed by atoms with E-state index in [1.165, 1.54) is 12.1 Å². The summed E-state index contributed by atoms with van der Waals surface area (Å²) in [6.45, 7) is 7.21. The number of rotatable bonds is 6. The molecule has 0 saturated heterocycles. The molecular formula is C15H26N2O3S. The van der Waals surface area contributed by atoms with E-state index in [-0.39, 0.29) is 23.0 Å². The van der Waals surface area contributed by atoms with Gasteiger partial charge in [0.25, 0.3) is 0 Å². The summed E-state index contributed by atoms with van der Waals surface area (Å²) in [4.78, 5) is 2.26. The second-order valence-electron chi connectivity index (χ2n) is 6.48. The first-order valence-electron chi connectivity index (χ1n) is 6.98. The molecule has 0 heterocycles. The number of aliphatic hydroxyl groups is 1. The normalized spacial score (nSPS) is 14.4. The molecule has 0 aliphatic carbocycles. The zero-order valence-corrected chi connectivity index (χ0v) is 14.0. The van der Waals surface area contributed by atoms with Crippen LogP contribution >= 0.6 is 0 Å². The van der Waals surface area contributed by atoms with Gasteiger partial charge in [-0.15, -0.1) is 0 Å². The SMILES string of the molecule is CN(CCc1ccc(S(N)(=O)=O)cc1)C(CO)C(C)(C)C. The minimum absolute atomic E-state index is 0.000977. The number of hydrogen-bond donors (Lipinski definition) is 2. The monoisotopic (exact) mass is 314 g/mol. The summed E-state index contributed by atoms with van der Waals surface area (Å²) in [5.41, 5.74) is 1.04. The smallest absolute Gasteiger partial charge is 0.238 e. The fourth-order valence-electron chi connectivity index (χ4n) is 2.38. The van der Waals surface area contributed by atoms with E-state index < -0.39 is 10.0 Å². The molecule has 0 spiro atoms. The average molecular weight is 314 g/mol. The Balaban J connectivity index is 2.67. The van der Waals surface area contributed by atoms with Crippen LogP contribution in [0.25, 0.3) is 0 Å². The highest BCUT2D eigenvalue weighted by molar-refractivity contribution is 7.89. The highest BCUT2D eigenvalue weighted by Gasteiger charge is 2.27. The molecule has 1 aromatic rings. The lowest BCUT2D eigenvalue weighted by Gasteiger charge is -2.36. The van der Waals surface area contributed by atoms with E-state index >= 15 is 0 Å². The van der Waals surface area contributed by atoms with Gasteiger partial charge in [0, 0.05) is 12.6 Å². The molecule has 1 unspecified atom stereocenters. The quantitative estimate of drug-likeness (QED) is 0.827. The van der Waals surface area contributed by atoms with Crippen molar-refractivity contribution < 1.29 is 13.5 Å². The van der Waals surface area contributed by atoms with Gasteiger partial charge in [0.2, 0.25) is 10.0 Å². The molecular weight excluding hydrogens is 288 g/mol. The lowest BCUT2D eigenvalue weighted by Crippen LogP contribution is -2.45. The number of sulfonamides is 1. The van der Waals surface area contributed by atoms with Crippen molar-refractivity contribution in [3.8, 4) is 0 Å². The lowest BCUT2D eigenvalue weighted by molar-refractivity contribution is 0.0670. The molecule has 1 atom stereocenters. The Morgan fingerprint density at radius 2 is 1.76 bits per heavy atom. The Morgan fingerprint density at radius 3 is 2.14 bits per heavy atom. The summed E-state index contributed by atoms with van der Waals surface area (Å²) < 4.78 is 22.4. The van der Waals surface area contributed by atoms with E-state index in [1.807, 2.05) is 7.05 Å². The first-order chi connectivity index (χ1) is 9.55. The molecule has 0 fully saturated rings. The molecule has 5 nitrogen and oxygen atoms in total. The van der Waals surface area contributed by atoms with Crippen LogP contribution in [0.15, 0.2) is 29.2 Å². The molecule has 0 amide bonds. The number of hydrogen-bond acceptors (Lipinski definition) is 4. The molecule has 120 valence electrons. The molecule has 0 aliphatic rings. The van der Waals surface area contributed by atoms with E-state index in [0.717, 1.165) is 18.5 Å². The standard InChI is InChI=1S/C15H26N2O3S/c1-15(2,3)14(11-18)17(4)10-9-12-5-7-13(8-6-12)21(16,19)20/h5-8,14,18H,9-11H2,1-4H3,(H2,16,19,20). The van der Waals surface area contributed by atoms with Gasteiger partial charge in [-0.3, -0.25) is 0 Å². The Labute approximate surface area is 127 Å². The molecule has 3 N–H and O–H groups in total. The van der Waals surface area contributed by atoms with Gasteiger partial charge in [-0.25, -0.2) is 13.6 Å². The van der Waals surface area contributed by atoms with Crippen molar-refractivity contribution in [2.75, 3.05) is 20.2 Å². The number of likely N-dealkylation sites (N-methyl/N-ethyl adjacent to an activating group) is 1. The van der Waals surface area contributed by atoms with Gasteiger partial charge in [-0.1, -0.05) is 32.9 Å². The van der Waals surface area contributed by atoms with Crippen LogP contribution in [0.2, 0.25) is 0 Å². The third-order valence-corrected chi connectivity index (χ3v) is 4.64. The van der Waals surface area contributed by atoms with Crippen LogP contribution < -0.4 is 5.14 Å². The molecule has 0 aliphatic heterocycles. The molecule has 21 heavy (non-hydrogen) atoms. The van der Waals surface area contributed by atoms with Crippen LogP contribution in [-0.4, -0.2) is 44.7 Å². The third-order valence-electron chi connectivity index (χ3n) is 3.71. The fourth-order valence-corrected chi connectivity index (χ4v) is 2.90. The predicted octanol–water partition coefficient (Wildman–Crippen LogP) is 1.22. The number of nitrogens with two attached hydrogens (primary N) is 1. The van der Waals surface area contributed by atoms with Gasteiger partial charge in [0.1, 0.15) is 0 Å². The van der Waals surface area contributed by atoms with Crippen molar-refractivity contribution in [1.82, 2.24) is 4.90 Å². The summed E-state index contributed by atoms with van der Waals surface area (Å²) in [5, 5.41) is 14.6. The van der Waals surface area contributed by atoms with Gasteiger partial charge in [-0.05, 0) is 36.6 Å². The highest BCUT2D eigenvalue weighted by atomic mass is 32.2. The van der Waals surface area contributed by atoms with E-state index in [9.17, 15) is 13.5 Å². The van der Waals surface area contributed by atoms with E-state index in [2.05, 4.69) is 25.7 Å². The maximum absolute atomic E-state index is 11.2. The topological polar surface area (TPSA) is 83.6 Å². The van der Waals surface area contributed by atoms with Crippen molar-refractivity contribution >= 4 is 10.0 Å². The van der Waals surface area contributed by atoms with Crippen LogP contribution in [0.4, 0.5) is 0 Å².